The SMILES string of the molecule is Cc1ccc(-c2c(C#N)nc(C#Cc3cccc(Cl)c3)n2C)cn1.Cc1ccc(-c2c(C(N)=O)nc(C#Cc3cccc(Cl)c3)n2C)cn1. The summed E-state index contributed by atoms with van der Waals surface area (Å²) in [5, 5.41) is 10.6. The topological polar surface area (TPSA) is 128 Å². The lowest BCUT2D eigenvalue weighted by molar-refractivity contribution is 0.0996. The maximum absolute atomic E-state index is 11.8. The van der Waals surface area contributed by atoms with E-state index in [1.54, 1.807) is 48.3 Å². The van der Waals surface area contributed by atoms with E-state index >= 15 is 0 Å². The summed E-state index contributed by atoms with van der Waals surface area (Å²) in [5.41, 5.74) is 12.2. The number of benzene rings is 2. The van der Waals surface area contributed by atoms with Crippen molar-refractivity contribution in [1.82, 2.24) is 29.1 Å². The number of aryl methyl sites for hydroxylation is 2. The standard InChI is InChI=1S/C19H15ClN4O.C19H13ClN4/c1-12-6-8-14(11-22-12)18-17(19(21)25)23-16(24(18)2)9-7-13-4-3-5-15(20)10-13;1-13-6-8-15(12-22-13)19-17(11-21)23-18(24(19)2)9-7-14-4-3-5-16(20)10-14/h3-6,8,10-11H,1-2H3,(H2,21,25);3-6,8,10,12H,1-2H3. The largest absolute Gasteiger partial charge is 0.364 e. The summed E-state index contributed by atoms with van der Waals surface area (Å²) in [6.45, 7) is 3.81. The number of primary amides is 1. The van der Waals surface area contributed by atoms with Crippen molar-refractivity contribution < 1.29 is 4.79 Å². The molecule has 2 N–H and O–H groups in total. The number of hydrogen-bond donors (Lipinski definition) is 1. The minimum atomic E-state index is -0.609. The van der Waals surface area contributed by atoms with Crippen LogP contribution in [0.3, 0.4) is 0 Å². The average molecular weight is 684 g/mol. The van der Waals surface area contributed by atoms with Crippen molar-refractivity contribution in [2.75, 3.05) is 0 Å². The highest BCUT2D eigenvalue weighted by Gasteiger charge is 2.20. The number of rotatable bonds is 3. The minimum Gasteiger partial charge on any atom is -0.364 e. The number of aromatic nitrogens is 6. The monoisotopic (exact) mass is 682 g/mol. The van der Waals surface area contributed by atoms with Crippen LogP contribution in [0.2, 0.25) is 10.0 Å². The lowest BCUT2D eigenvalue weighted by Gasteiger charge is -2.05. The third-order valence-corrected chi connectivity index (χ3v) is 7.66. The number of halogens is 2. The van der Waals surface area contributed by atoms with Crippen LogP contribution in [0.5, 0.6) is 0 Å². The Labute approximate surface area is 294 Å². The zero-order valence-corrected chi connectivity index (χ0v) is 28.5. The van der Waals surface area contributed by atoms with E-state index in [4.69, 9.17) is 28.9 Å². The van der Waals surface area contributed by atoms with E-state index in [-0.39, 0.29) is 5.69 Å². The molecule has 6 rings (SSSR count). The molecule has 0 spiro atoms. The van der Waals surface area contributed by atoms with Gasteiger partial charge in [-0.3, -0.25) is 14.8 Å². The molecular weight excluding hydrogens is 655 g/mol. The Morgan fingerprint density at radius 2 is 1.20 bits per heavy atom. The molecule has 0 unspecified atom stereocenters. The van der Waals surface area contributed by atoms with Crippen LogP contribution in [0.15, 0.2) is 85.2 Å². The summed E-state index contributed by atoms with van der Waals surface area (Å²) in [6.07, 6.45) is 3.42. The number of pyridine rings is 2. The summed E-state index contributed by atoms with van der Waals surface area (Å²) >= 11 is 11.9. The lowest BCUT2D eigenvalue weighted by Crippen LogP contribution is -2.13. The van der Waals surface area contributed by atoms with Crippen LogP contribution in [0, 0.1) is 48.9 Å². The smallest absolute Gasteiger partial charge is 0.269 e. The Balaban J connectivity index is 0.000000191. The summed E-state index contributed by atoms with van der Waals surface area (Å²) < 4.78 is 3.55. The molecule has 0 aliphatic rings. The summed E-state index contributed by atoms with van der Waals surface area (Å²) in [6, 6.07) is 24.2. The van der Waals surface area contributed by atoms with Gasteiger partial charge in [-0.1, -0.05) is 47.2 Å². The fourth-order valence-corrected chi connectivity index (χ4v) is 5.12. The molecule has 0 bridgehead atoms. The Morgan fingerprint density at radius 3 is 1.65 bits per heavy atom. The first-order valence-corrected chi connectivity index (χ1v) is 15.5. The molecule has 0 saturated carbocycles. The van der Waals surface area contributed by atoms with Gasteiger partial charge in [0, 0.05) is 70.2 Å². The van der Waals surface area contributed by atoms with Crippen LogP contribution >= 0.6 is 23.2 Å². The number of carbonyl (C=O) groups is 1. The lowest BCUT2D eigenvalue weighted by atomic mass is 10.1. The van der Waals surface area contributed by atoms with Crippen LogP contribution in [-0.2, 0) is 14.1 Å². The number of hydrogen-bond acceptors (Lipinski definition) is 6. The highest BCUT2D eigenvalue weighted by Crippen LogP contribution is 2.25. The maximum Gasteiger partial charge on any atom is 0.269 e. The van der Waals surface area contributed by atoms with E-state index in [1.807, 2.05) is 74.0 Å². The van der Waals surface area contributed by atoms with Crippen molar-refractivity contribution in [3.8, 4) is 52.3 Å². The molecule has 240 valence electrons. The van der Waals surface area contributed by atoms with Crippen LogP contribution in [0.1, 0.15) is 50.3 Å². The van der Waals surface area contributed by atoms with Crippen LogP contribution in [0.25, 0.3) is 22.5 Å². The van der Waals surface area contributed by atoms with Gasteiger partial charge in [0.05, 0.1) is 11.4 Å². The number of amides is 1. The molecule has 2 aromatic carbocycles. The molecule has 9 nitrogen and oxygen atoms in total. The van der Waals surface area contributed by atoms with Crippen molar-refractivity contribution in [2.45, 2.75) is 13.8 Å². The maximum atomic E-state index is 11.8. The first-order valence-electron chi connectivity index (χ1n) is 14.8. The van der Waals surface area contributed by atoms with Crippen LogP contribution in [0.4, 0.5) is 0 Å². The van der Waals surface area contributed by atoms with Gasteiger partial charge >= 0.3 is 0 Å². The molecule has 1 amide bonds. The van der Waals surface area contributed by atoms with Crippen molar-refractivity contribution in [1.29, 1.82) is 5.26 Å². The van der Waals surface area contributed by atoms with E-state index in [2.05, 4.69) is 49.7 Å². The van der Waals surface area contributed by atoms with Crippen molar-refractivity contribution >= 4 is 29.1 Å². The molecule has 0 radical (unpaired) electrons. The van der Waals surface area contributed by atoms with E-state index in [9.17, 15) is 10.1 Å². The summed E-state index contributed by atoms with van der Waals surface area (Å²) in [7, 11) is 3.63. The van der Waals surface area contributed by atoms with Crippen molar-refractivity contribution in [2.24, 2.45) is 19.8 Å². The third-order valence-electron chi connectivity index (χ3n) is 7.19. The van der Waals surface area contributed by atoms with Crippen molar-refractivity contribution in [3.63, 3.8) is 0 Å². The average Bonchev–Trinajstić information content (AvgIpc) is 3.59. The zero-order valence-electron chi connectivity index (χ0n) is 27.0. The Bertz CT molecular complexity index is 2340. The van der Waals surface area contributed by atoms with Crippen molar-refractivity contribution in [3.05, 3.63) is 141 Å². The summed E-state index contributed by atoms with van der Waals surface area (Å²) in [4.78, 5) is 29.0. The van der Waals surface area contributed by atoms with Gasteiger partial charge in [0.25, 0.3) is 5.91 Å². The molecule has 0 saturated heterocycles. The van der Waals surface area contributed by atoms with Gasteiger partial charge in [-0.25, -0.2) is 9.97 Å². The van der Waals surface area contributed by atoms with Gasteiger partial charge in [0.1, 0.15) is 6.07 Å². The number of imidazole rings is 2. The molecule has 6 aromatic rings. The highest BCUT2D eigenvalue weighted by atomic mass is 35.5. The molecule has 0 aliphatic heterocycles. The highest BCUT2D eigenvalue weighted by molar-refractivity contribution is 6.31. The van der Waals surface area contributed by atoms with E-state index < -0.39 is 5.91 Å². The second kappa shape index (κ2) is 15.2. The van der Waals surface area contributed by atoms with Gasteiger partial charge in [-0.15, -0.1) is 0 Å². The number of nitrogens with zero attached hydrogens (tertiary/aromatic N) is 7. The first-order chi connectivity index (χ1) is 23.5. The molecule has 0 fully saturated rings. The molecule has 4 heterocycles. The minimum absolute atomic E-state index is 0.170. The first kappa shape index (κ1) is 34.2. The molecule has 11 heteroatoms. The van der Waals surface area contributed by atoms with Gasteiger partial charge in [0.2, 0.25) is 0 Å². The second-order valence-electron chi connectivity index (χ2n) is 10.8. The normalized spacial score (nSPS) is 10.1. The molecule has 0 atom stereocenters. The fraction of sp³-hybridized carbons (Fsp3) is 0.105. The Morgan fingerprint density at radius 1 is 0.714 bits per heavy atom. The summed E-state index contributed by atoms with van der Waals surface area (Å²) in [5.74, 6) is 12.3. The quantitative estimate of drug-likeness (QED) is 0.208. The predicted octanol–water partition coefficient (Wildman–Crippen LogP) is 6.66. The van der Waals surface area contributed by atoms with Gasteiger partial charge in [0.15, 0.2) is 23.0 Å². The second-order valence-corrected chi connectivity index (χ2v) is 11.6. The molecular formula is C38H28Cl2N8O. The van der Waals surface area contributed by atoms with Gasteiger partial charge in [-0.05, 0) is 86.4 Å². The Kier molecular flexibility index (Phi) is 10.6. The number of nitriles is 1. The van der Waals surface area contributed by atoms with E-state index in [1.165, 1.54) is 0 Å². The fourth-order valence-electron chi connectivity index (χ4n) is 4.74. The molecule has 49 heavy (non-hydrogen) atoms. The zero-order chi connectivity index (χ0) is 35.1. The third kappa shape index (κ3) is 8.22. The number of carbonyl (C=O) groups excluding carboxylic acids is 1. The van der Waals surface area contributed by atoms with E-state index in [0.717, 1.165) is 33.6 Å². The van der Waals surface area contributed by atoms with Crippen LogP contribution < -0.4 is 5.73 Å². The van der Waals surface area contributed by atoms with Crippen LogP contribution in [-0.4, -0.2) is 35.0 Å². The predicted molar refractivity (Wildman–Crippen MR) is 190 cm³/mol. The number of nitrogens with two attached hydrogens (primary N) is 1. The van der Waals surface area contributed by atoms with Gasteiger partial charge < -0.3 is 14.9 Å². The van der Waals surface area contributed by atoms with E-state index in [0.29, 0.717) is 38.8 Å². The van der Waals surface area contributed by atoms with Gasteiger partial charge in [-0.2, -0.15) is 5.26 Å². The molecule has 4 aromatic heterocycles. The Hall–Kier alpha value is -6.18. The molecule has 0 aliphatic carbocycles.